The molecule has 2 aromatic carbocycles. The minimum absolute atomic E-state index is 0.159. The van der Waals surface area contributed by atoms with E-state index in [0.717, 1.165) is 5.75 Å². The number of anilines is 1. The molecule has 1 atom stereocenters. The van der Waals surface area contributed by atoms with Crippen LogP contribution < -0.4 is 15.4 Å². The summed E-state index contributed by atoms with van der Waals surface area (Å²) in [6, 6.07) is 11.5. The van der Waals surface area contributed by atoms with Crippen molar-refractivity contribution in [1.29, 1.82) is 0 Å². The van der Waals surface area contributed by atoms with Crippen LogP contribution in [0.4, 0.5) is 5.69 Å². The summed E-state index contributed by atoms with van der Waals surface area (Å²) in [7, 11) is 0. The van der Waals surface area contributed by atoms with Gasteiger partial charge in [-0.3, -0.25) is 9.59 Å². The van der Waals surface area contributed by atoms with Gasteiger partial charge in [0.2, 0.25) is 5.91 Å². The number of carbonyl (C=O) groups excluding carboxylic acids is 2. The Morgan fingerprint density at radius 2 is 1.85 bits per heavy atom. The molecule has 0 radical (unpaired) electrons. The second-order valence-electron chi connectivity index (χ2n) is 7.20. The largest absolute Gasteiger partial charge is 0.494 e. The number of benzene rings is 2. The van der Waals surface area contributed by atoms with E-state index < -0.39 is 6.04 Å². The number of ether oxygens (including phenoxy) is 1. The number of hydrogen-bond acceptors (Lipinski definition) is 6. The van der Waals surface area contributed by atoms with Gasteiger partial charge in [-0.1, -0.05) is 35.0 Å². The molecular formula is C23H25Cl2N5O3S. The molecule has 34 heavy (non-hydrogen) atoms. The van der Waals surface area contributed by atoms with E-state index in [1.54, 1.807) is 36.4 Å². The Kier molecular flexibility index (Phi) is 9.20. The first-order valence-electron chi connectivity index (χ1n) is 10.7. The molecule has 0 aliphatic rings. The molecule has 11 heteroatoms. The van der Waals surface area contributed by atoms with Crippen molar-refractivity contribution in [3.63, 3.8) is 0 Å². The maximum Gasteiger partial charge on any atom is 0.253 e. The van der Waals surface area contributed by atoms with Crippen LogP contribution in [-0.2, 0) is 11.3 Å². The van der Waals surface area contributed by atoms with Crippen LogP contribution in [0, 0.1) is 0 Å². The van der Waals surface area contributed by atoms with E-state index >= 15 is 0 Å². The summed E-state index contributed by atoms with van der Waals surface area (Å²) >= 11 is 13.3. The van der Waals surface area contributed by atoms with Crippen molar-refractivity contribution in [3.8, 4) is 5.75 Å². The van der Waals surface area contributed by atoms with Crippen LogP contribution in [0.3, 0.4) is 0 Å². The molecule has 8 nitrogen and oxygen atoms in total. The summed E-state index contributed by atoms with van der Waals surface area (Å²) in [5.41, 5.74) is 1.00. The Morgan fingerprint density at radius 3 is 2.50 bits per heavy atom. The number of carbonyl (C=O) groups is 2. The smallest absolute Gasteiger partial charge is 0.253 e. The molecule has 0 bridgehead atoms. The fourth-order valence-corrected chi connectivity index (χ4v) is 4.47. The molecule has 0 aliphatic carbocycles. The number of hydrogen-bond donors (Lipinski definition) is 2. The van der Waals surface area contributed by atoms with E-state index in [9.17, 15) is 9.59 Å². The first kappa shape index (κ1) is 25.9. The number of aromatic nitrogens is 3. The van der Waals surface area contributed by atoms with E-state index in [1.807, 2.05) is 25.3 Å². The first-order chi connectivity index (χ1) is 16.3. The van der Waals surface area contributed by atoms with Gasteiger partial charge in [-0.25, -0.2) is 0 Å². The molecular weight excluding hydrogens is 497 g/mol. The van der Waals surface area contributed by atoms with E-state index in [2.05, 4.69) is 20.8 Å². The molecule has 0 fully saturated rings. The van der Waals surface area contributed by atoms with Crippen molar-refractivity contribution in [3.05, 3.63) is 63.9 Å². The van der Waals surface area contributed by atoms with Gasteiger partial charge in [0.25, 0.3) is 5.91 Å². The standard InChI is InChI=1S/C23H25Cl2N5O3S/c1-4-30-21(14(3)26-22(32)18-11-6-15(24)12-19(18)25)28-29-23(30)34-13-20(31)27-16-7-9-17(10-8-16)33-5-2/h6-12,14H,4-5,13H2,1-3H3,(H,26,32)(H,27,31)/t14-/m1/s1. The van der Waals surface area contributed by atoms with E-state index in [-0.39, 0.29) is 22.6 Å². The van der Waals surface area contributed by atoms with Crippen molar-refractivity contribution in [2.75, 3.05) is 17.7 Å². The molecule has 3 aromatic rings. The Labute approximate surface area is 212 Å². The molecule has 0 unspecified atom stereocenters. The van der Waals surface area contributed by atoms with Crippen molar-refractivity contribution in [2.45, 2.75) is 38.5 Å². The Bertz CT molecular complexity index is 1150. The van der Waals surface area contributed by atoms with Gasteiger partial charge in [-0.15, -0.1) is 10.2 Å². The second kappa shape index (κ2) is 12.1. The topological polar surface area (TPSA) is 98.1 Å². The molecule has 1 aromatic heterocycles. The Balaban J connectivity index is 1.60. The number of thioether (sulfide) groups is 1. The molecule has 0 saturated heterocycles. The normalized spacial score (nSPS) is 11.7. The molecule has 1 heterocycles. The van der Waals surface area contributed by atoms with Gasteiger partial charge in [-0.2, -0.15) is 0 Å². The summed E-state index contributed by atoms with van der Waals surface area (Å²) in [6.07, 6.45) is 0. The van der Waals surface area contributed by atoms with Gasteiger partial charge in [0.15, 0.2) is 11.0 Å². The summed E-state index contributed by atoms with van der Waals surface area (Å²) in [4.78, 5) is 25.0. The number of nitrogens with zero attached hydrogens (tertiary/aromatic N) is 3. The predicted octanol–water partition coefficient (Wildman–Crippen LogP) is 5.23. The summed E-state index contributed by atoms with van der Waals surface area (Å²) < 4.78 is 7.27. The Hall–Kier alpha value is -2.75. The lowest BCUT2D eigenvalue weighted by Crippen LogP contribution is -2.29. The van der Waals surface area contributed by atoms with Crippen LogP contribution in [0.1, 0.15) is 43.0 Å². The zero-order valence-electron chi connectivity index (χ0n) is 19.0. The molecule has 2 amide bonds. The molecule has 180 valence electrons. The van der Waals surface area contributed by atoms with Crippen molar-refractivity contribution < 1.29 is 14.3 Å². The van der Waals surface area contributed by atoms with Crippen molar-refractivity contribution in [1.82, 2.24) is 20.1 Å². The highest BCUT2D eigenvalue weighted by atomic mass is 35.5. The van der Waals surface area contributed by atoms with Gasteiger partial charge in [0.1, 0.15) is 5.75 Å². The van der Waals surface area contributed by atoms with Gasteiger partial charge in [0, 0.05) is 17.3 Å². The molecule has 0 saturated carbocycles. The molecule has 0 spiro atoms. The molecule has 3 rings (SSSR count). The summed E-state index contributed by atoms with van der Waals surface area (Å²) in [6.45, 7) is 6.83. The van der Waals surface area contributed by atoms with Gasteiger partial charge in [0.05, 0.1) is 29.0 Å². The summed E-state index contributed by atoms with van der Waals surface area (Å²) in [5.74, 6) is 0.976. The highest BCUT2D eigenvalue weighted by Crippen LogP contribution is 2.24. The average molecular weight is 522 g/mol. The monoisotopic (exact) mass is 521 g/mol. The highest BCUT2D eigenvalue weighted by molar-refractivity contribution is 7.99. The van der Waals surface area contributed by atoms with Crippen molar-refractivity contribution >= 4 is 52.5 Å². The van der Waals surface area contributed by atoms with Gasteiger partial charge >= 0.3 is 0 Å². The third-order valence-corrected chi connectivity index (χ3v) is 6.27. The van der Waals surface area contributed by atoms with Crippen LogP contribution in [0.25, 0.3) is 0 Å². The lowest BCUT2D eigenvalue weighted by Gasteiger charge is -2.15. The summed E-state index contributed by atoms with van der Waals surface area (Å²) in [5, 5.41) is 15.5. The number of amides is 2. The van der Waals surface area contributed by atoms with Crippen LogP contribution in [0.5, 0.6) is 5.75 Å². The predicted molar refractivity (Wildman–Crippen MR) is 135 cm³/mol. The zero-order valence-corrected chi connectivity index (χ0v) is 21.3. The first-order valence-corrected chi connectivity index (χ1v) is 12.4. The Morgan fingerprint density at radius 1 is 1.12 bits per heavy atom. The highest BCUT2D eigenvalue weighted by Gasteiger charge is 2.21. The zero-order chi connectivity index (χ0) is 24.7. The van der Waals surface area contributed by atoms with E-state index in [1.165, 1.54) is 17.8 Å². The lowest BCUT2D eigenvalue weighted by molar-refractivity contribution is -0.113. The maximum absolute atomic E-state index is 12.7. The second-order valence-corrected chi connectivity index (χ2v) is 8.98. The molecule has 2 N–H and O–H groups in total. The quantitative estimate of drug-likeness (QED) is 0.354. The van der Waals surface area contributed by atoms with Crippen LogP contribution in [-0.4, -0.2) is 38.9 Å². The molecule has 0 aliphatic heterocycles. The van der Waals surface area contributed by atoms with E-state index in [4.69, 9.17) is 27.9 Å². The lowest BCUT2D eigenvalue weighted by atomic mass is 10.2. The average Bonchev–Trinajstić information content (AvgIpc) is 3.22. The minimum atomic E-state index is -0.432. The third-order valence-electron chi connectivity index (χ3n) is 4.75. The van der Waals surface area contributed by atoms with Crippen molar-refractivity contribution in [2.24, 2.45) is 0 Å². The number of halogens is 2. The third kappa shape index (κ3) is 6.65. The minimum Gasteiger partial charge on any atom is -0.494 e. The maximum atomic E-state index is 12.7. The van der Waals surface area contributed by atoms with Crippen LogP contribution in [0.2, 0.25) is 10.0 Å². The SMILES string of the molecule is CCOc1ccc(NC(=O)CSc2nnc([C@@H](C)NC(=O)c3ccc(Cl)cc3Cl)n2CC)cc1. The van der Waals surface area contributed by atoms with Crippen LogP contribution in [0.15, 0.2) is 47.6 Å². The fourth-order valence-electron chi connectivity index (χ4n) is 3.17. The fraction of sp³-hybridized carbons (Fsp3) is 0.304. The van der Waals surface area contributed by atoms with E-state index in [0.29, 0.717) is 40.4 Å². The van der Waals surface area contributed by atoms with Gasteiger partial charge in [-0.05, 0) is 63.2 Å². The number of nitrogens with one attached hydrogen (secondary N) is 2. The van der Waals surface area contributed by atoms with Gasteiger partial charge < -0.3 is 19.9 Å². The van der Waals surface area contributed by atoms with Crippen LogP contribution >= 0.6 is 35.0 Å². The number of rotatable bonds is 10.